The topological polar surface area (TPSA) is 111 Å². The third kappa shape index (κ3) is 6.74. The molecule has 0 bridgehead atoms. The Morgan fingerprint density at radius 2 is 1.90 bits per heavy atom. The summed E-state index contributed by atoms with van der Waals surface area (Å²) in [5.41, 5.74) is 5.68. The van der Waals surface area contributed by atoms with Crippen LogP contribution in [0.4, 0.5) is 4.79 Å². The van der Waals surface area contributed by atoms with Crippen LogP contribution in [0.25, 0.3) is 0 Å². The Hall–Kier alpha value is -2.61. The Labute approximate surface area is 171 Å². The lowest BCUT2D eigenvalue weighted by atomic mass is 10.1. The van der Waals surface area contributed by atoms with Crippen molar-refractivity contribution < 1.29 is 23.9 Å². The van der Waals surface area contributed by atoms with E-state index in [-0.39, 0.29) is 6.61 Å². The van der Waals surface area contributed by atoms with Crippen molar-refractivity contribution in [1.29, 1.82) is 0 Å². The highest BCUT2D eigenvalue weighted by molar-refractivity contribution is 5.91. The van der Waals surface area contributed by atoms with Crippen LogP contribution in [0, 0.1) is 0 Å². The summed E-state index contributed by atoms with van der Waals surface area (Å²) in [6.07, 6.45) is -0.178. The fourth-order valence-electron chi connectivity index (χ4n) is 3.22. The first-order chi connectivity index (χ1) is 13.6. The second kappa shape index (κ2) is 9.73. The molecule has 0 unspecified atom stereocenters. The van der Waals surface area contributed by atoms with Crippen LogP contribution in [0.15, 0.2) is 30.3 Å². The van der Waals surface area contributed by atoms with Gasteiger partial charge in [0.25, 0.3) is 0 Å². The van der Waals surface area contributed by atoms with Crippen molar-refractivity contribution in [2.45, 2.75) is 70.9 Å². The van der Waals surface area contributed by atoms with Gasteiger partial charge < -0.3 is 25.4 Å². The molecule has 8 heteroatoms. The highest BCUT2D eigenvalue weighted by Gasteiger charge is 2.39. The zero-order valence-electron chi connectivity index (χ0n) is 17.5. The van der Waals surface area contributed by atoms with E-state index in [0.29, 0.717) is 19.4 Å². The molecule has 0 aliphatic carbocycles. The number of hydrogen-bond acceptors (Lipinski definition) is 5. The maximum Gasteiger partial charge on any atom is 0.408 e. The van der Waals surface area contributed by atoms with E-state index in [1.807, 2.05) is 30.3 Å². The van der Waals surface area contributed by atoms with Crippen LogP contribution in [-0.4, -0.2) is 53.1 Å². The Balaban J connectivity index is 2.14. The lowest BCUT2D eigenvalue weighted by Gasteiger charge is -2.31. The van der Waals surface area contributed by atoms with Crippen LogP contribution in [0.5, 0.6) is 0 Å². The molecule has 3 amide bonds. The standard InChI is InChI=1S/C21H31N3O5/c1-14(28-13-15-9-6-5-7-10-15)17(23-20(27)29-21(2,3)4)19(26)24-12-8-11-16(24)18(22)25/h5-7,9-10,14,16-17H,8,11-13H2,1-4H3,(H2,22,25)(H,23,27)/t14-,16+,17+/m1/s1. The van der Waals surface area contributed by atoms with E-state index >= 15 is 0 Å². The van der Waals surface area contributed by atoms with E-state index < -0.39 is 41.7 Å². The quantitative estimate of drug-likeness (QED) is 0.720. The summed E-state index contributed by atoms with van der Waals surface area (Å²) < 4.78 is 11.2. The van der Waals surface area contributed by atoms with Crippen molar-refractivity contribution in [3.63, 3.8) is 0 Å². The van der Waals surface area contributed by atoms with Crippen LogP contribution in [-0.2, 0) is 25.7 Å². The summed E-state index contributed by atoms with van der Waals surface area (Å²) in [7, 11) is 0. The number of rotatable bonds is 7. The molecule has 160 valence electrons. The molecular weight excluding hydrogens is 374 g/mol. The highest BCUT2D eigenvalue weighted by Crippen LogP contribution is 2.20. The Kier molecular flexibility index (Phi) is 7.61. The molecule has 1 heterocycles. The number of carbonyl (C=O) groups excluding carboxylic acids is 3. The summed E-state index contributed by atoms with van der Waals surface area (Å²) in [6, 6.07) is 7.84. The highest BCUT2D eigenvalue weighted by atomic mass is 16.6. The van der Waals surface area contributed by atoms with Crippen LogP contribution >= 0.6 is 0 Å². The molecule has 0 radical (unpaired) electrons. The smallest absolute Gasteiger partial charge is 0.408 e. The third-order valence-electron chi connectivity index (χ3n) is 4.63. The van der Waals surface area contributed by atoms with Crippen LogP contribution in [0.2, 0.25) is 0 Å². The van der Waals surface area contributed by atoms with Gasteiger partial charge in [0.1, 0.15) is 17.7 Å². The van der Waals surface area contributed by atoms with Gasteiger partial charge in [0.15, 0.2) is 0 Å². The zero-order chi connectivity index (χ0) is 21.6. The SMILES string of the molecule is C[C@@H](OCc1ccccc1)[C@H](NC(=O)OC(C)(C)C)C(=O)N1CCC[C@H]1C(N)=O. The van der Waals surface area contributed by atoms with Gasteiger partial charge in [-0.1, -0.05) is 30.3 Å². The van der Waals surface area contributed by atoms with E-state index in [1.54, 1.807) is 27.7 Å². The molecule has 1 fully saturated rings. The first-order valence-corrected chi connectivity index (χ1v) is 9.83. The fourth-order valence-corrected chi connectivity index (χ4v) is 3.22. The maximum absolute atomic E-state index is 13.2. The van der Waals surface area contributed by atoms with Crippen molar-refractivity contribution >= 4 is 17.9 Å². The first-order valence-electron chi connectivity index (χ1n) is 9.83. The molecular formula is C21H31N3O5. The molecule has 1 aromatic rings. The molecule has 3 atom stereocenters. The molecule has 1 aliphatic heterocycles. The molecule has 29 heavy (non-hydrogen) atoms. The number of primary amides is 1. The first kappa shape index (κ1) is 22.7. The van der Waals surface area contributed by atoms with Crippen LogP contribution in [0.3, 0.4) is 0 Å². The minimum absolute atomic E-state index is 0.279. The molecule has 3 N–H and O–H groups in total. The van der Waals surface area contributed by atoms with E-state index in [2.05, 4.69) is 5.32 Å². The largest absolute Gasteiger partial charge is 0.444 e. The summed E-state index contributed by atoms with van der Waals surface area (Å²) in [5.74, 6) is -0.956. The van der Waals surface area contributed by atoms with Gasteiger partial charge in [0.2, 0.25) is 11.8 Å². The lowest BCUT2D eigenvalue weighted by Crippen LogP contribution is -2.57. The third-order valence-corrected chi connectivity index (χ3v) is 4.63. The summed E-state index contributed by atoms with van der Waals surface area (Å²) in [5, 5.41) is 2.62. The molecule has 0 spiro atoms. The number of nitrogens with zero attached hydrogens (tertiary/aromatic N) is 1. The molecule has 0 saturated carbocycles. The van der Waals surface area contributed by atoms with Crippen molar-refractivity contribution in [1.82, 2.24) is 10.2 Å². The van der Waals surface area contributed by atoms with Crippen molar-refractivity contribution in [3.8, 4) is 0 Å². The van der Waals surface area contributed by atoms with Crippen LogP contribution < -0.4 is 11.1 Å². The molecule has 8 nitrogen and oxygen atoms in total. The van der Waals surface area contributed by atoms with Gasteiger partial charge in [-0.15, -0.1) is 0 Å². The van der Waals surface area contributed by atoms with Gasteiger partial charge in [-0.05, 0) is 46.1 Å². The van der Waals surface area contributed by atoms with Gasteiger partial charge in [0.05, 0.1) is 12.7 Å². The molecule has 0 aromatic heterocycles. The molecule has 1 aliphatic rings. The number of ether oxygens (including phenoxy) is 2. The molecule has 1 saturated heterocycles. The minimum atomic E-state index is -1.01. The van der Waals surface area contributed by atoms with Crippen molar-refractivity contribution in [2.24, 2.45) is 5.73 Å². The normalized spacial score (nSPS) is 18.8. The minimum Gasteiger partial charge on any atom is -0.444 e. The number of nitrogens with one attached hydrogen (secondary N) is 1. The van der Waals surface area contributed by atoms with Gasteiger partial charge in [0, 0.05) is 6.54 Å². The van der Waals surface area contributed by atoms with Gasteiger partial charge in [-0.2, -0.15) is 0 Å². The van der Waals surface area contributed by atoms with Crippen molar-refractivity contribution in [2.75, 3.05) is 6.54 Å². The Bertz CT molecular complexity index is 717. The van der Waals surface area contributed by atoms with Gasteiger partial charge in [-0.25, -0.2) is 4.79 Å². The van der Waals surface area contributed by atoms with E-state index in [0.717, 1.165) is 5.56 Å². The lowest BCUT2D eigenvalue weighted by molar-refractivity contribution is -0.142. The van der Waals surface area contributed by atoms with Crippen molar-refractivity contribution in [3.05, 3.63) is 35.9 Å². The van der Waals surface area contributed by atoms with Gasteiger partial charge >= 0.3 is 6.09 Å². The fraction of sp³-hybridized carbons (Fsp3) is 0.571. The number of carbonyl (C=O) groups is 3. The number of hydrogen-bond donors (Lipinski definition) is 2. The van der Waals surface area contributed by atoms with Crippen LogP contribution in [0.1, 0.15) is 46.1 Å². The summed E-state index contributed by atoms with van der Waals surface area (Å²) >= 11 is 0. The van der Waals surface area contributed by atoms with E-state index in [9.17, 15) is 14.4 Å². The second-order valence-electron chi connectivity index (χ2n) is 8.22. The average Bonchev–Trinajstić information content (AvgIpc) is 3.13. The van der Waals surface area contributed by atoms with Gasteiger partial charge in [-0.3, -0.25) is 9.59 Å². The predicted octanol–water partition coefficient (Wildman–Crippen LogP) is 1.96. The number of amides is 3. The van der Waals surface area contributed by atoms with E-state index in [4.69, 9.17) is 15.2 Å². The Morgan fingerprint density at radius 3 is 2.48 bits per heavy atom. The monoisotopic (exact) mass is 405 g/mol. The maximum atomic E-state index is 13.2. The number of likely N-dealkylation sites (tertiary alicyclic amines) is 1. The average molecular weight is 405 g/mol. The number of benzene rings is 1. The summed E-state index contributed by atoms with van der Waals surface area (Å²) in [4.78, 5) is 38.7. The molecule has 1 aromatic carbocycles. The zero-order valence-corrected chi connectivity index (χ0v) is 17.5. The predicted molar refractivity (Wildman–Crippen MR) is 108 cm³/mol. The second-order valence-corrected chi connectivity index (χ2v) is 8.22. The van der Waals surface area contributed by atoms with E-state index in [1.165, 1.54) is 4.90 Å². The number of nitrogens with two attached hydrogens (primary N) is 1. The Morgan fingerprint density at radius 1 is 1.24 bits per heavy atom. The molecule has 2 rings (SSSR count). The summed E-state index contributed by atoms with van der Waals surface area (Å²) in [6.45, 7) is 7.61. The number of alkyl carbamates (subject to hydrolysis) is 1.